The highest BCUT2D eigenvalue weighted by molar-refractivity contribution is 7.90. The van der Waals surface area contributed by atoms with Crippen LogP contribution in [0.25, 0.3) is 0 Å². The van der Waals surface area contributed by atoms with Crippen molar-refractivity contribution in [2.45, 2.75) is 11.0 Å². The molecule has 0 radical (unpaired) electrons. The van der Waals surface area contributed by atoms with Gasteiger partial charge in [0.25, 0.3) is 0 Å². The maximum Gasteiger partial charge on any atom is 0.311 e. The molecular formula is C17H17ClN2O5S. The quantitative estimate of drug-likeness (QED) is 0.582. The lowest BCUT2D eigenvalue weighted by Gasteiger charge is -2.34. The normalized spacial score (nSPS) is 17.9. The molecule has 0 bridgehead atoms. The van der Waals surface area contributed by atoms with Crippen molar-refractivity contribution in [3.63, 3.8) is 0 Å². The molecule has 1 heterocycles. The number of halogens is 1. The molecule has 0 saturated carbocycles. The summed E-state index contributed by atoms with van der Waals surface area (Å²) in [5.41, 5.74) is 0.647. The third kappa shape index (κ3) is 3.67. The van der Waals surface area contributed by atoms with E-state index in [9.17, 15) is 18.5 Å². The van der Waals surface area contributed by atoms with E-state index in [1.54, 1.807) is 17.0 Å². The van der Waals surface area contributed by atoms with E-state index in [0.717, 1.165) is 11.8 Å². The summed E-state index contributed by atoms with van der Waals surface area (Å²) in [6, 6.07) is 11.6. The molecule has 1 unspecified atom stereocenters. The highest BCUT2D eigenvalue weighted by Gasteiger charge is 2.32. The van der Waals surface area contributed by atoms with Crippen molar-refractivity contribution in [1.82, 2.24) is 0 Å². The van der Waals surface area contributed by atoms with E-state index in [1.165, 1.54) is 12.1 Å². The van der Waals surface area contributed by atoms with Crippen LogP contribution in [-0.2, 0) is 14.6 Å². The van der Waals surface area contributed by atoms with Crippen LogP contribution in [0.4, 0.5) is 11.4 Å². The van der Waals surface area contributed by atoms with Gasteiger partial charge in [0.2, 0.25) is 0 Å². The molecule has 1 saturated heterocycles. The molecule has 1 fully saturated rings. The second kappa shape index (κ2) is 7.22. The number of hydrogen-bond acceptors (Lipinski definition) is 6. The van der Waals surface area contributed by atoms with Gasteiger partial charge >= 0.3 is 5.69 Å². The zero-order valence-corrected chi connectivity index (χ0v) is 15.5. The topological polar surface area (TPSA) is 89.8 Å². The Balaban J connectivity index is 2.01. The van der Waals surface area contributed by atoms with Gasteiger partial charge < -0.3 is 9.64 Å². The molecule has 3 rings (SSSR count). The molecule has 0 amide bonds. The Morgan fingerprint density at radius 3 is 2.62 bits per heavy atom. The third-order valence-corrected chi connectivity index (χ3v) is 5.69. The van der Waals surface area contributed by atoms with Crippen LogP contribution in [0.2, 0.25) is 5.02 Å². The monoisotopic (exact) mass is 396 g/mol. The van der Waals surface area contributed by atoms with Crippen LogP contribution in [0, 0.1) is 10.1 Å². The molecule has 0 N–H and O–H groups in total. The van der Waals surface area contributed by atoms with Gasteiger partial charge in [-0.15, -0.1) is 0 Å². The summed E-state index contributed by atoms with van der Waals surface area (Å²) in [4.78, 5) is 12.4. The molecule has 0 spiro atoms. The lowest BCUT2D eigenvalue weighted by molar-refractivity contribution is -0.387. The van der Waals surface area contributed by atoms with Gasteiger partial charge in [-0.3, -0.25) is 10.1 Å². The fraction of sp³-hybridized carbons (Fsp3) is 0.294. The van der Waals surface area contributed by atoms with E-state index in [0.29, 0.717) is 24.7 Å². The second-order valence-electron chi connectivity index (χ2n) is 5.98. The van der Waals surface area contributed by atoms with Gasteiger partial charge in [-0.2, -0.15) is 0 Å². The summed E-state index contributed by atoms with van der Waals surface area (Å²) >= 11 is 6.23. The predicted molar refractivity (Wildman–Crippen MR) is 98.6 cm³/mol. The maximum absolute atomic E-state index is 12.0. The molecule has 1 aliphatic heterocycles. The van der Waals surface area contributed by atoms with Crippen LogP contribution in [0.1, 0.15) is 11.7 Å². The zero-order valence-electron chi connectivity index (χ0n) is 14.0. The minimum atomic E-state index is -3.73. The summed E-state index contributed by atoms with van der Waals surface area (Å²) in [7, 11) is -3.73. The summed E-state index contributed by atoms with van der Waals surface area (Å²) in [6.07, 6.45) is 0.601. The Morgan fingerprint density at radius 2 is 1.96 bits per heavy atom. The summed E-state index contributed by atoms with van der Waals surface area (Å²) in [6.45, 7) is 1.09. The fourth-order valence-electron chi connectivity index (χ4n) is 3.04. The number of anilines is 1. The first-order chi connectivity index (χ1) is 12.3. The summed E-state index contributed by atoms with van der Waals surface area (Å²) in [5, 5.41) is 12.2. The van der Waals surface area contributed by atoms with Crippen LogP contribution in [-0.4, -0.2) is 39.3 Å². The average molecular weight is 397 g/mol. The molecule has 2 aromatic carbocycles. The van der Waals surface area contributed by atoms with Gasteiger partial charge in [0.1, 0.15) is 16.7 Å². The van der Waals surface area contributed by atoms with Crippen molar-refractivity contribution in [3.8, 4) is 0 Å². The standard InChI is InChI=1S/C17H17ClN2O5S/c1-26(23,24)16-8-4-7-14(17(16)20(21)22)19-9-10-25-15(11-19)12-5-2-3-6-13(12)18/h2-8,15H,9-11H2,1H3. The smallest absolute Gasteiger partial charge is 0.311 e. The first kappa shape index (κ1) is 18.6. The minimum absolute atomic E-state index is 0.262. The minimum Gasteiger partial charge on any atom is -0.370 e. The van der Waals surface area contributed by atoms with Crippen LogP contribution in [0.5, 0.6) is 0 Å². The van der Waals surface area contributed by atoms with Gasteiger partial charge in [-0.05, 0) is 18.2 Å². The number of benzene rings is 2. The van der Waals surface area contributed by atoms with Gasteiger partial charge in [0.05, 0.1) is 11.5 Å². The molecule has 138 valence electrons. The summed E-state index contributed by atoms with van der Waals surface area (Å²) in [5.74, 6) is 0. The van der Waals surface area contributed by atoms with Gasteiger partial charge in [-0.25, -0.2) is 8.42 Å². The molecule has 2 aromatic rings. The second-order valence-corrected chi connectivity index (χ2v) is 8.37. The number of morpholine rings is 1. The molecule has 0 aliphatic carbocycles. The van der Waals surface area contributed by atoms with Crippen LogP contribution in [0.15, 0.2) is 47.4 Å². The van der Waals surface area contributed by atoms with E-state index in [4.69, 9.17) is 16.3 Å². The fourth-order valence-corrected chi connectivity index (χ4v) is 4.15. The van der Waals surface area contributed by atoms with Gasteiger partial charge in [0, 0.05) is 29.9 Å². The number of hydrogen-bond donors (Lipinski definition) is 0. The lowest BCUT2D eigenvalue weighted by Crippen LogP contribution is -2.39. The first-order valence-electron chi connectivity index (χ1n) is 7.87. The van der Waals surface area contributed by atoms with Crippen LogP contribution < -0.4 is 4.90 Å². The predicted octanol–water partition coefficient (Wildman–Crippen LogP) is 3.23. The van der Waals surface area contributed by atoms with E-state index in [-0.39, 0.29) is 16.7 Å². The number of nitro groups is 1. The largest absolute Gasteiger partial charge is 0.370 e. The van der Waals surface area contributed by atoms with Gasteiger partial charge in [-0.1, -0.05) is 35.9 Å². The zero-order chi connectivity index (χ0) is 18.9. The molecule has 0 aromatic heterocycles. The van der Waals surface area contributed by atoms with Crippen molar-refractivity contribution >= 4 is 32.8 Å². The number of para-hydroxylation sites is 1. The summed E-state index contributed by atoms with van der Waals surface area (Å²) < 4.78 is 29.7. The van der Waals surface area contributed by atoms with Crippen LogP contribution in [0.3, 0.4) is 0 Å². The highest BCUT2D eigenvalue weighted by atomic mass is 35.5. The van der Waals surface area contributed by atoms with Gasteiger partial charge in [0.15, 0.2) is 9.84 Å². The number of nitrogens with zero attached hydrogens (tertiary/aromatic N) is 2. The van der Waals surface area contributed by atoms with Crippen molar-refractivity contribution in [1.29, 1.82) is 0 Å². The SMILES string of the molecule is CS(=O)(=O)c1cccc(N2CCOC(c3ccccc3Cl)C2)c1[N+](=O)[O-]. The number of nitro benzene ring substituents is 1. The van der Waals surface area contributed by atoms with E-state index in [1.807, 2.05) is 18.2 Å². The number of rotatable bonds is 4. The molecule has 7 nitrogen and oxygen atoms in total. The van der Waals surface area contributed by atoms with Crippen molar-refractivity contribution < 1.29 is 18.1 Å². The van der Waals surface area contributed by atoms with Crippen LogP contribution >= 0.6 is 11.6 Å². The average Bonchev–Trinajstić information content (AvgIpc) is 2.61. The lowest BCUT2D eigenvalue weighted by atomic mass is 10.1. The molecule has 1 atom stereocenters. The molecule has 1 aliphatic rings. The number of ether oxygens (including phenoxy) is 1. The Morgan fingerprint density at radius 1 is 1.23 bits per heavy atom. The van der Waals surface area contributed by atoms with Crippen molar-refractivity contribution in [2.24, 2.45) is 0 Å². The van der Waals surface area contributed by atoms with E-state index < -0.39 is 20.4 Å². The maximum atomic E-state index is 12.0. The Kier molecular flexibility index (Phi) is 5.17. The molecule has 26 heavy (non-hydrogen) atoms. The Labute approximate surface area is 156 Å². The van der Waals surface area contributed by atoms with Crippen molar-refractivity contribution in [2.75, 3.05) is 30.9 Å². The Hall–Kier alpha value is -2.16. The number of sulfone groups is 1. The van der Waals surface area contributed by atoms with Crippen molar-refractivity contribution in [3.05, 3.63) is 63.2 Å². The first-order valence-corrected chi connectivity index (χ1v) is 10.1. The highest BCUT2D eigenvalue weighted by Crippen LogP contribution is 2.37. The molecular weight excluding hydrogens is 380 g/mol. The Bertz CT molecular complexity index is 948. The third-order valence-electron chi connectivity index (χ3n) is 4.22. The molecule has 9 heteroatoms. The van der Waals surface area contributed by atoms with E-state index in [2.05, 4.69) is 0 Å². The van der Waals surface area contributed by atoms with E-state index >= 15 is 0 Å².